The van der Waals surface area contributed by atoms with E-state index in [1.165, 1.54) is 0 Å². The van der Waals surface area contributed by atoms with Crippen molar-refractivity contribution in [2.24, 2.45) is 5.92 Å². The molecule has 0 saturated heterocycles. The molecule has 0 aliphatic carbocycles. The molecular weight excluding hydrogens is 268 g/mol. The van der Waals surface area contributed by atoms with E-state index in [1.807, 2.05) is 44.2 Å². The highest BCUT2D eigenvalue weighted by Crippen LogP contribution is 2.18. The molecule has 0 aliphatic rings. The number of fused-ring (bicyclic) bond motifs is 1. The molecule has 1 aromatic heterocycles. The van der Waals surface area contributed by atoms with Gasteiger partial charge in [-0.3, -0.25) is 0 Å². The number of amides is 2. The maximum absolute atomic E-state index is 11.6. The quantitative estimate of drug-likeness (QED) is 0.765. The van der Waals surface area contributed by atoms with Crippen LogP contribution < -0.4 is 10.6 Å². The van der Waals surface area contributed by atoms with Crippen LogP contribution in [0.5, 0.6) is 0 Å². The zero-order valence-corrected chi connectivity index (χ0v) is 12.4. The highest BCUT2D eigenvalue weighted by molar-refractivity contribution is 5.78. The SMILES string of the molecule is CC(C)CC(O)CNC(=O)NCc1cc2ccccc2o1. The van der Waals surface area contributed by atoms with Crippen molar-refractivity contribution in [3.63, 3.8) is 0 Å². The van der Waals surface area contributed by atoms with Gasteiger partial charge in [-0.25, -0.2) is 4.79 Å². The lowest BCUT2D eigenvalue weighted by Crippen LogP contribution is -2.39. The number of para-hydroxylation sites is 1. The Morgan fingerprint density at radius 3 is 2.76 bits per heavy atom. The molecule has 1 heterocycles. The number of rotatable bonds is 6. The number of aliphatic hydroxyl groups is 1. The van der Waals surface area contributed by atoms with Crippen molar-refractivity contribution in [3.8, 4) is 0 Å². The Morgan fingerprint density at radius 1 is 1.29 bits per heavy atom. The summed E-state index contributed by atoms with van der Waals surface area (Å²) in [5.41, 5.74) is 0.807. The van der Waals surface area contributed by atoms with Gasteiger partial charge in [0.05, 0.1) is 12.6 Å². The topological polar surface area (TPSA) is 74.5 Å². The van der Waals surface area contributed by atoms with Crippen LogP contribution in [0, 0.1) is 5.92 Å². The summed E-state index contributed by atoms with van der Waals surface area (Å²) in [6.45, 7) is 4.64. The lowest BCUT2D eigenvalue weighted by Gasteiger charge is -2.14. The summed E-state index contributed by atoms with van der Waals surface area (Å²) < 4.78 is 5.60. The summed E-state index contributed by atoms with van der Waals surface area (Å²) in [4.78, 5) is 11.6. The molecule has 2 amide bonds. The summed E-state index contributed by atoms with van der Waals surface area (Å²) in [5, 5.41) is 16.1. The van der Waals surface area contributed by atoms with Crippen LogP contribution in [-0.2, 0) is 6.54 Å². The molecule has 2 aromatic rings. The number of carbonyl (C=O) groups is 1. The maximum Gasteiger partial charge on any atom is 0.315 e. The van der Waals surface area contributed by atoms with Crippen molar-refractivity contribution in [3.05, 3.63) is 36.1 Å². The third-order valence-electron chi connectivity index (χ3n) is 3.14. The lowest BCUT2D eigenvalue weighted by atomic mass is 10.1. The molecule has 0 aliphatic heterocycles. The van der Waals surface area contributed by atoms with Crippen LogP contribution in [0.4, 0.5) is 4.79 Å². The molecule has 0 fully saturated rings. The monoisotopic (exact) mass is 290 g/mol. The van der Waals surface area contributed by atoms with Gasteiger partial charge in [-0.1, -0.05) is 32.0 Å². The molecular formula is C16H22N2O3. The second kappa shape index (κ2) is 7.13. The van der Waals surface area contributed by atoms with Gasteiger partial charge in [0.1, 0.15) is 11.3 Å². The second-order valence-electron chi connectivity index (χ2n) is 5.60. The predicted molar refractivity (Wildman–Crippen MR) is 81.9 cm³/mol. The Kier molecular flexibility index (Phi) is 5.22. The van der Waals surface area contributed by atoms with Gasteiger partial charge in [0.25, 0.3) is 0 Å². The molecule has 3 N–H and O–H groups in total. The van der Waals surface area contributed by atoms with Crippen molar-refractivity contribution in [1.29, 1.82) is 0 Å². The Morgan fingerprint density at radius 2 is 2.05 bits per heavy atom. The number of nitrogens with one attached hydrogen (secondary N) is 2. The van der Waals surface area contributed by atoms with E-state index in [9.17, 15) is 9.90 Å². The fourth-order valence-corrected chi connectivity index (χ4v) is 2.19. The zero-order valence-electron chi connectivity index (χ0n) is 12.4. The Hall–Kier alpha value is -2.01. The highest BCUT2D eigenvalue weighted by Gasteiger charge is 2.09. The minimum Gasteiger partial charge on any atom is -0.459 e. The van der Waals surface area contributed by atoms with E-state index in [2.05, 4.69) is 10.6 Å². The number of aliphatic hydroxyl groups excluding tert-OH is 1. The van der Waals surface area contributed by atoms with Crippen molar-refractivity contribution in [2.45, 2.75) is 32.9 Å². The van der Waals surface area contributed by atoms with E-state index in [1.54, 1.807) is 0 Å². The number of hydrogen-bond acceptors (Lipinski definition) is 3. The van der Waals surface area contributed by atoms with Crippen LogP contribution in [0.1, 0.15) is 26.0 Å². The van der Waals surface area contributed by atoms with Crippen LogP contribution in [0.3, 0.4) is 0 Å². The number of carbonyl (C=O) groups excluding carboxylic acids is 1. The summed E-state index contributed by atoms with van der Waals surface area (Å²) in [6, 6.07) is 9.30. The van der Waals surface area contributed by atoms with Crippen molar-refractivity contribution in [1.82, 2.24) is 10.6 Å². The normalized spacial score (nSPS) is 12.6. The molecule has 1 unspecified atom stereocenters. The van der Waals surface area contributed by atoms with Gasteiger partial charge in [-0.05, 0) is 24.5 Å². The van der Waals surface area contributed by atoms with E-state index in [0.717, 1.165) is 11.0 Å². The largest absolute Gasteiger partial charge is 0.459 e. The first-order valence-corrected chi connectivity index (χ1v) is 7.22. The third-order valence-corrected chi connectivity index (χ3v) is 3.14. The van der Waals surface area contributed by atoms with Gasteiger partial charge >= 0.3 is 6.03 Å². The molecule has 114 valence electrons. The fourth-order valence-electron chi connectivity index (χ4n) is 2.19. The first-order chi connectivity index (χ1) is 10.0. The number of urea groups is 1. The minimum absolute atomic E-state index is 0.254. The smallest absolute Gasteiger partial charge is 0.315 e. The van der Waals surface area contributed by atoms with Crippen molar-refractivity contribution >= 4 is 17.0 Å². The van der Waals surface area contributed by atoms with Crippen LogP contribution >= 0.6 is 0 Å². The first kappa shape index (κ1) is 15.4. The van der Waals surface area contributed by atoms with Gasteiger partial charge in [0, 0.05) is 11.9 Å². The van der Waals surface area contributed by atoms with Crippen molar-refractivity contribution in [2.75, 3.05) is 6.54 Å². The molecule has 5 nitrogen and oxygen atoms in total. The zero-order chi connectivity index (χ0) is 15.2. The fraction of sp³-hybridized carbons (Fsp3) is 0.438. The average Bonchev–Trinajstić information content (AvgIpc) is 2.85. The lowest BCUT2D eigenvalue weighted by molar-refractivity contribution is 0.146. The second-order valence-corrected chi connectivity index (χ2v) is 5.60. The van der Waals surface area contributed by atoms with Crippen LogP contribution in [0.15, 0.2) is 34.7 Å². The maximum atomic E-state index is 11.6. The molecule has 21 heavy (non-hydrogen) atoms. The van der Waals surface area contributed by atoms with E-state index in [0.29, 0.717) is 24.6 Å². The molecule has 5 heteroatoms. The first-order valence-electron chi connectivity index (χ1n) is 7.22. The van der Waals surface area contributed by atoms with E-state index >= 15 is 0 Å². The van der Waals surface area contributed by atoms with Crippen LogP contribution in [-0.4, -0.2) is 23.8 Å². The summed E-state index contributed by atoms with van der Waals surface area (Å²) >= 11 is 0. The van der Waals surface area contributed by atoms with Gasteiger partial charge in [0.15, 0.2) is 0 Å². The molecule has 1 atom stereocenters. The Balaban J connectivity index is 1.76. The summed E-state index contributed by atoms with van der Waals surface area (Å²) in [6.07, 6.45) is 0.158. The third kappa shape index (κ3) is 4.79. The summed E-state index contributed by atoms with van der Waals surface area (Å²) in [5.74, 6) is 1.11. The number of benzene rings is 1. The predicted octanol–water partition coefficient (Wildman–Crippen LogP) is 2.64. The van der Waals surface area contributed by atoms with Gasteiger partial charge in [0.2, 0.25) is 0 Å². The molecule has 1 aromatic carbocycles. The van der Waals surface area contributed by atoms with Crippen molar-refractivity contribution < 1.29 is 14.3 Å². The Labute approximate surface area is 124 Å². The highest BCUT2D eigenvalue weighted by atomic mass is 16.3. The van der Waals surface area contributed by atoms with Gasteiger partial charge in [-0.15, -0.1) is 0 Å². The van der Waals surface area contributed by atoms with E-state index in [4.69, 9.17) is 4.42 Å². The minimum atomic E-state index is -0.512. The van der Waals surface area contributed by atoms with Gasteiger partial charge < -0.3 is 20.2 Å². The average molecular weight is 290 g/mol. The Bertz CT molecular complexity index is 559. The molecule has 0 radical (unpaired) electrons. The number of hydrogen-bond donors (Lipinski definition) is 3. The molecule has 2 rings (SSSR count). The standard InChI is InChI=1S/C16H22N2O3/c1-11(2)7-13(19)9-17-16(20)18-10-14-8-12-5-3-4-6-15(12)21-14/h3-6,8,11,13,19H,7,9-10H2,1-2H3,(H2,17,18,20). The van der Waals surface area contributed by atoms with Gasteiger partial charge in [-0.2, -0.15) is 0 Å². The molecule has 0 saturated carbocycles. The number of furan rings is 1. The van der Waals surface area contributed by atoms with Crippen LogP contribution in [0.25, 0.3) is 11.0 Å². The van der Waals surface area contributed by atoms with E-state index < -0.39 is 6.10 Å². The van der Waals surface area contributed by atoms with E-state index in [-0.39, 0.29) is 12.6 Å². The molecule has 0 bridgehead atoms. The van der Waals surface area contributed by atoms with Crippen LogP contribution in [0.2, 0.25) is 0 Å². The molecule has 0 spiro atoms. The summed E-state index contributed by atoms with van der Waals surface area (Å²) in [7, 11) is 0.